The molecular formula is C19H26N2O2. The Balaban J connectivity index is 1.50. The highest BCUT2D eigenvalue weighted by Gasteiger charge is 2.33. The monoisotopic (exact) mass is 314 g/mol. The quantitative estimate of drug-likeness (QED) is 0.837. The number of carbonyl (C=O) groups excluding carboxylic acids is 1. The minimum atomic E-state index is 0.340. The second-order valence-electron chi connectivity index (χ2n) is 6.40. The Morgan fingerprint density at radius 2 is 2.04 bits per heavy atom. The van der Waals surface area contributed by atoms with E-state index >= 15 is 0 Å². The van der Waals surface area contributed by atoms with Gasteiger partial charge in [-0.1, -0.05) is 30.4 Å². The highest BCUT2D eigenvalue weighted by atomic mass is 16.5. The normalized spacial score (nSPS) is 19.8. The summed E-state index contributed by atoms with van der Waals surface area (Å²) in [5.74, 6) is 1.63. The maximum atomic E-state index is 12.2. The summed E-state index contributed by atoms with van der Waals surface area (Å²) in [5.41, 5.74) is 1.11. The third kappa shape index (κ3) is 4.35. The first kappa shape index (κ1) is 16.1. The molecule has 3 rings (SSSR count). The molecule has 2 aliphatic rings. The van der Waals surface area contributed by atoms with Crippen LogP contribution in [0.25, 0.3) is 6.08 Å². The van der Waals surface area contributed by atoms with Crippen molar-refractivity contribution >= 4 is 12.0 Å². The molecule has 0 N–H and O–H groups in total. The van der Waals surface area contributed by atoms with E-state index in [4.69, 9.17) is 4.74 Å². The third-order valence-electron chi connectivity index (χ3n) is 4.63. The highest BCUT2D eigenvalue weighted by Crippen LogP contribution is 2.31. The van der Waals surface area contributed by atoms with Gasteiger partial charge in [0.05, 0.1) is 7.11 Å². The average Bonchev–Trinajstić information content (AvgIpc) is 3.42. The summed E-state index contributed by atoms with van der Waals surface area (Å²) in [5, 5.41) is 0. The fraction of sp³-hybridized carbons (Fsp3) is 0.526. The second-order valence-corrected chi connectivity index (χ2v) is 6.40. The fourth-order valence-corrected chi connectivity index (χ4v) is 3.10. The number of rotatable bonds is 5. The molecule has 0 bridgehead atoms. The molecular weight excluding hydrogens is 288 g/mol. The molecule has 1 aliphatic carbocycles. The first-order valence-electron chi connectivity index (χ1n) is 8.58. The lowest BCUT2D eigenvalue weighted by molar-refractivity contribution is -0.132. The fourth-order valence-electron chi connectivity index (χ4n) is 3.10. The summed E-state index contributed by atoms with van der Waals surface area (Å²) in [6, 6.07) is 8.05. The van der Waals surface area contributed by atoms with Gasteiger partial charge in [-0.05, 0) is 25.3 Å². The van der Waals surface area contributed by atoms with Crippen molar-refractivity contribution in [2.45, 2.75) is 19.3 Å². The average molecular weight is 314 g/mol. The molecule has 0 atom stereocenters. The van der Waals surface area contributed by atoms with E-state index in [0.717, 1.165) is 63.3 Å². The van der Waals surface area contributed by atoms with E-state index < -0.39 is 0 Å². The Hall–Kier alpha value is -1.81. The predicted molar refractivity (Wildman–Crippen MR) is 92.4 cm³/mol. The van der Waals surface area contributed by atoms with Gasteiger partial charge in [-0.3, -0.25) is 9.69 Å². The van der Waals surface area contributed by atoms with E-state index in [-0.39, 0.29) is 0 Å². The van der Waals surface area contributed by atoms with Crippen LogP contribution < -0.4 is 4.74 Å². The maximum absolute atomic E-state index is 12.2. The summed E-state index contributed by atoms with van der Waals surface area (Å²) in [4.78, 5) is 16.7. The van der Waals surface area contributed by atoms with Gasteiger partial charge < -0.3 is 9.64 Å². The van der Waals surface area contributed by atoms with Gasteiger partial charge in [-0.25, -0.2) is 0 Å². The van der Waals surface area contributed by atoms with Gasteiger partial charge >= 0.3 is 0 Å². The van der Waals surface area contributed by atoms with Crippen molar-refractivity contribution in [1.82, 2.24) is 9.80 Å². The molecule has 1 saturated carbocycles. The molecule has 1 amide bonds. The molecule has 1 aliphatic heterocycles. The maximum Gasteiger partial charge on any atom is 0.225 e. The van der Waals surface area contributed by atoms with Gasteiger partial charge in [0, 0.05) is 44.2 Å². The lowest BCUT2D eigenvalue weighted by Crippen LogP contribution is -2.36. The molecule has 4 heteroatoms. The van der Waals surface area contributed by atoms with Crippen molar-refractivity contribution in [3.05, 3.63) is 35.9 Å². The van der Waals surface area contributed by atoms with E-state index in [2.05, 4.69) is 28.0 Å². The standard InChI is InChI=1S/C19H26N2O2/c1-23-18-8-3-2-6-16(18)7-4-11-20-12-5-13-21(15-14-20)19(22)17-9-10-17/h2-4,6-8,17H,5,9-15H2,1H3/b7-4+. The van der Waals surface area contributed by atoms with Crippen molar-refractivity contribution in [3.63, 3.8) is 0 Å². The van der Waals surface area contributed by atoms with Crippen LogP contribution >= 0.6 is 0 Å². The minimum absolute atomic E-state index is 0.340. The summed E-state index contributed by atoms with van der Waals surface area (Å²) >= 11 is 0. The van der Waals surface area contributed by atoms with Crippen molar-refractivity contribution in [2.75, 3.05) is 39.8 Å². The number of amides is 1. The molecule has 124 valence electrons. The Bertz CT molecular complexity index is 566. The number of carbonyl (C=O) groups is 1. The Morgan fingerprint density at radius 3 is 2.83 bits per heavy atom. The lowest BCUT2D eigenvalue weighted by Gasteiger charge is -2.21. The van der Waals surface area contributed by atoms with Gasteiger partial charge in [0.25, 0.3) is 0 Å². The zero-order chi connectivity index (χ0) is 16.1. The molecule has 23 heavy (non-hydrogen) atoms. The molecule has 1 saturated heterocycles. The first-order chi connectivity index (χ1) is 11.3. The molecule has 0 aromatic heterocycles. The summed E-state index contributed by atoms with van der Waals surface area (Å²) < 4.78 is 5.37. The van der Waals surface area contributed by atoms with Crippen LogP contribution in [0.4, 0.5) is 0 Å². The van der Waals surface area contributed by atoms with E-state index in [9.17, 15) is 4.79 Å². The molecule has 0 radical (unpaired) electrons. The summed E-state index contributed by atoms with van der Waals surface area (Å²) in [7, 11) is 1.70. The van der Waals surface area contributed by atoms with Gasteiger partial charge in [0.15, 0.2) is 0 Å². The molecule has 2 fully saturated rings. The predicted octanol–water partition coefficient (Wildman–Crippen LogP) is 2.65. The largest absolute Gasteiger partial charge is 0.496 e. The van der Waals surface area contributed by atoms with Crippen LogP contribution in [0.5, 0.6) is 5.75 Å². The Morgan fingerprint density at radius 1 is 1.22 bits per heavy atom. The number of ether oxygens (including phenoxy) is 1. The van der Waals surface area contributed by atoms with Gasteiger partial charge in [-0.15, -0.1) is 0 Å². The molecule has 1 aromatic carbocycles. The smallest absolute Gasteiger partial charge is 0.225 e. The number of para-hydroxylation sites is 1. The van der Waals surface area contributed by atoms with Gasteiger partial charge in [0.1, 0.15) is 5.75 Å². The van der Waals surface area contributed by atoms with Crippen LogP contribution in [-0.4, -0.2) is 55.5 Å². The van der Waals surface area contributed by atoms with Crippen molar-refractivity contribution in [2.24, 2.45) is 5.92 Å². The van der Waals surface area contributed by atoms with E-state index in [1.165, 1.54) is 0 Å². The Labute approximate surface area is 138 Å². The minimum Gasteiger partial charge on any atom is -0.496 e. The third-order valence-corrected chi connectivity index (χ3v) is 4.63. The number of benzene rings is 1. The lowest BCUT2D eigenvalue weighted by atomic mass is 10.2. The number of nitrogens with zero attached hydrogens (tertiary/aromatic N) is 2. The van der Waals surface area contributed by atoms with Crippen molar-refractivity contribution in [3.8, 4) is 5.75 Å². The van der Waals surface area contributed by atoms with Crippen LogP contribution in [0.3, 0.4) is 0 Å². The second kappa shape index (κ2) is 7.64. The van der Waals surface area contributed by atoms with Crippen LogP contribution in [0, 0.1) is 5.92 Å². The number of methoxy groups -OCH3 is 1. The topological polar surface area (TPSA) is 32.8 Å². The van der Waals surface area contributed by atoms with Crippen LogP contribution in [-0.2, 0) is 4.79 Å². The van der Waals surface area contributed by atoms with Gasteiger partial charge in [-0.2, -0.15) is 0 Å². The molecule has 1 aromatic rings. The zero-order valence-electron chi connectivity index (χ0n) is 13.9. The van der Waals surface area contributed by atoms with Crippen LogP contribution in [0.1, 0.15) is 24.8 Å². The highest BCUT2D eigenvalue weighted by molar-refractivity contribution is 5.81. The molecule has 4 nitrogen and oxygen atoms in total. The van der Waals surface area contributed by atoms with Crippen molar-refractivity contribution in [1.29, 1.82) is 0 Å². The van der Waals surface area contributed by atoms with Crippen LogP contribution in [0.2, 0.25) is 0 Å². The first-order valence-corrected chi connectivity index (χ1v) is 8.58. The number of hydrogen-bond donors (Lipinski definition) is 0. The van der Waals surface area contributed by atoms with E-state index in [0.29, 0.717) is 11.8 Å². The Kier molecular flexibility index (Phi) is 5.34. The molecule has 1 heterocycles. The summed E-state index contributed by atoms with van der Waals surface area (Å²) in [6.45, 7) is 4.74. The summed E-state index contributed by atoms with van der Waals surface area (Å²) in [6.07, 6.45) is 7.58. The van der Waals surface area contributed by atoms with Gasteiger partial charge in [0.2, 0.25) is 5.91 Å². The number of hydrogen-bond acceptors (Lipinski definition) is 3. The SMILES string of the molecule is COc1ccccc1/C=C/CN1CCCN(C(=O)C2CC2)CC1. The molecule has 0 spiro atoms. The zero-order valence-corrected chi connectivity index (χ0v) is 13.9. The van der Waals surface area contributed by atoms with Crippen LogP contribution in [0.15, 0.2) is 30.3 Å². The molecule has 0 unspecified atom stereocenters. The van der Waals surface area contributed by atoms with E-state index in [1.807, 2.05) is 18.2 Å². The van der Waals surface area contributed by atoms with Crippen molar-refractivity contribution < 1.29 is 9.53 Å². The van der Waals surface area contributed by atoms with E-state index in [1.54, 1.807) is 7.11 Å².